The number of para-hydroxylation sites is 1. The summed E-state index contributed by atoms with van der Waals surface area (Å²) in [6, 6.07) is 20.1. The monoisotopic (exact) mass is 406 g/mol. The maximum Gasteiger partial charge on any atom is 0.261 e. The Kier molecular flexibility index (Phi) is 5.36. The number of hydrogen-bond acceptors (Lipinski definition) is 4. The summed E-state index contributed by atoms with van der Waals surface area (Å²) >= 11 is 0. The lowest BCUT2D eigenvalue weighted by molar-refractivity contribution is 0.501. The first-order chi connectivity index (χ1) is 14.0. The molecule has 0 spiro atoms. The summed E-state index contributed by atoms with van der Waals surface area (Å²) in [6.45, 7) is 1.92. The maximum absolute atomic E-state index is 12.8. The van der Waals surface area contributed by atoms with Crippen LogP contribution in [0.15, 0.2) is 82.3 Å². The zero-order valence-corrected chi connectivity index (χ0v) is 16.9. The Morgan fingerprint density at radius 1 is 0.931 bits per heavy atom. The van der Waals surface area contributed by atoms with E-state index in [0.717, 1.165) is 41.7 Å². The topological polar surface area (TPSA) is 72.2 Å². The summed E-state index contributed by atoms with van der Waals surface area (Å²) in [5, 5.41) is 0.892. The second-order valence-corrected chi connectivity index (χ2v) is 8.71. The smallest absolute Gasteiger partial charge is 0.261 e. The molecule has 0 saturated carbocycles. The molecule has 2 heterocycles. The maximum atomic E-state index is 12.8. The largest absolute Gasteiger partial charge is 0.469 e. The molecule has 0 radical (unpaired) electrons. The van der Waals surface area contributed by atoms with Gasteiger partial charge in [0.1, 0.15) is 5.76 Å². The van der Waals surface area contributed by atoms with Gasteiger partial charge in [-0.2, -0.15) is 0 Å². The number of furan rings is 1. The van der Waals surface area contributed by atoms with Crippen molar-refractivity contribution in [1.82, 2.24) is 4.98 Å². The molecule has 0 aliphatic heterocycles. The number of benzene rings is 2. The van der Waals surface area contributed by atoms with Crippen molar-refractivity contribution < 1.29 is 12.8 Å². The fourth-order valence-corrected chi connectivity index (χ4v) is 4.30. The van der Waals surface area contributed by atoms with Gasteiger partial charge in [0.05, 0.1) is 22.4 Å². The molecule has 0 fully saturated rings. The third kappa shape index (κ3) is 4.49. The summed E-state index contributed by atoms with van der Waals surface area (Å²) in [7, 11) is -3.68. The van der Waals surface area contributed by atoms with E-state index in [1.54, 1.807) is 36.6 Å². The van der Waals surface area contributed by atoms with E-state index in [9.17, 15) is 8.42 Å². The molecule has 0 aliphatic rings. The molecule has 4 aromatic rings. The highest BCUT2D eigenvalue weighted by molar-refractivity contribution is 7.92. The van der Waals surface area contributed by atoms with Crippen LogP contribution >= 0.6 is 0 Å². The molecule has 5 nitrogen and oxygen atoms in total. The van der Waals surface area contributed by atoms with Gasteiger partial charge in [0, 0.05) is 17.5 Å². The van der Waals surface area contributed by atoms with Crippen molar-refractivity contribution in [2.75, 3.05) is 4.72 Å². The van der Waals surface area contributed by atoms with Gasteiger partial charge in [-0.05, 0) is 56.2 Å². The summed E-state index contributed by atoms with van der Waals surface area (Å²) in [5.41, 5.74) is 3.07. The fourth-order valence-electron chi connectivity index (χ4n) is 3.23. The predicted molar refractivity (Wildman–Crippen MR) is 114 cm³/mol. The number of anilines is 1. The van der Waals surface area contributed by atoms with Gasteiger partial charge in [0.15, 0.2) is 0 Å². The molecular formula is C23H22N2O3S. The Morgan fingerprint density at radius 2 is 1.76 bits per heavy atom. The highest BCUT2D eigenvalue weighted by Gasteiger charge is 2.16. The molecule has 148 valence electrons. The molecule has 2 aromatic heterocycles. The molecule has 0 aliphatic carbocycles. The Balaban J connectivity index is 1.57. The summed E-state index contributed by atoms with van der Waals surface area (Å²) in [4.78, 5) is 4.96. The van der Waals surface area contributed by atoms with Crippen LogP contribution in [0.4, 0.5) is 5.69 Å². The number of pyridine rings is 1. The molecule has 0 amide bonds. The van der Waals surface area contributed by atoms with E-state index >= 15 is 0 Å². The number of rotatable bonds is 7. The van der Waals surface area contributed by atoms with Gasteiger partial charge in [-0.15, -0.1) is 0 Å². The van der Waals surface area contributed by atoms with Gasteiger partial charge >= 0.3 is 0 Å². The van der Waals surface area contributed by atoms with Crippen LogP contribution in [-0.4, -0.2) is 13.4 Å². The first-order valence-electron chi connectivity index (χ1n) is 9.52. The van der Waals surface area contributed by atoms with Gasteiger partial charge < -0.3 is 4.42 Å². The van der Waals surface area contributed by atoms with Gasteiger partial charge in [-0.3, -0.25) is 9.71 Å². The van der Waals surface area contributed by atoms with E-state index in [4.69, 9.17) is 9.40 Å². The van der Waals surface area contributed by atoms with E-state index in [2.05, 4.69) is 4.72 Å². The minimum absolute atomic E-state index is 0.231. The number of aryl methyl sites for hydroxylation is 3. The van der Waals surface area contributed by atoms with Gasteiger partial charge in [0.2, 0.25) is 0 Å². The first-order valence-corrected chi connectivity index (χ1v) is 11.0. The van der Waals surface area contributed by atoms with Crippen LogP contribution in [0.3, 0.4) is 0 Å². The normalized spacial score (nSPS) is 11.6. The second kappa shape index (κ2) is 8.09. The number of hydrogen-bond donors (Lipinski definition) is 1. The third-order valence-electron chi connectivity index (χ3n) is 4.79. The molecule has 0 unspecified atom stereocenters. The van der Waals surface area contributed by atoms with Crippen molar-refractivity contribution in [3.63, 3.8) is 0 Å². The van der Waals surface area contributed by atoms with Gasteiger partial charge in [-0.25, -0.2) is 8.42 Å². The lowest BCUT2D eigenvalue weighted by Crippen LogP contribution is -2.13. The highest BCUT2D eigenvalue weighted by Crippen LogP contribution is 2.25. The fraction of sp³-hybridized carbons (Fsp3) is 0.174. The Morgan fingerprint density at radius 3 is 2.52 bits per heavy atom. The summed E-state index contributed by atoms with van der Waals surface area (Å²) in [6.07, 6.45) is 4.21. The minimum Gasteiger partial charge on any atom is -0.469 e. The Hall–Kier alpha value is -3.12. The number of fused-ring (bicyclic) bond motifs is 1. The SMILES string of the molecule is Cc1ccc(S(=O)(=O)Nc2cccc3ccc(CCCc4ccco4)nc23)cc1. The molecular weight excluding hydrogens is 384 g/mol. The zero-order valence-electron chi connectivity index (χ0n) is 16.1. The second-order valence-electron chi connectivity index (χ2n) is 7.03. The first kappa shape index (κ1) is 19.2. The van der Waals surface area contributed by atoms with Gasteiger partial charge in [0.25, 0.3) is 10.0 Å². The molecule has 0 atom stereocenters. The average molecular weight is 407 g/mol. The van der Waals surface area contributed by atoms with Crippen LogP contribution in [0.25, 0.3) is 10.9 Å². The molecule has 2 aromatic carbocycles. The van der Waals surface area contributed by atoms with Crippen molar-refractivity contribution >= 4 is 26.6 Å². The van der Waals surface area contributed by atoms with Crippen molar-refractivity contribution in [2.24, 2.45) is 0 Å². The number of nitrogens with one attached hydrogen (secondary N) is 1. The zero-order chi connectivity index (χ0) is 20.3. The standard InChI is InChI=1S/C23H22N2O3S/c1-17-10-14-21(15-11-17)29(26,27)25-22-9-2-5-18-12-13-19(24-23(18)22)6-3-7-20-8-4-16-28-20/h2,4-5,8-16,25H,3,6-7H2,1H3. The molecule has 0 saturated heterocycles. The lowest BCUT2D eigenvalue weighted by Gasteiger charge is -2.11. The van der Waals surface area contributed by atoms with E-state index < -0.39 is 10.0 Å². The van der Waals surface area contributed by atoms with E-state index in [0.29, 0.717) is 11.2 Å². The number of nitrogens with zero attached hydrogens (tertiary/aromatic N) is 1. The molecule has 0 bridgehead atoms. The molecule has 29 heavy (non-hydrogen) atoms. The van der Waals surface area contributed by atoms with Crippen LogP contribution in [0.1, 0.15) is 23.4 Å². The van der Waals surface area contributed by atoms with E-state index in [1.807, 2.05) is 43.3 Å². The van der Waals surface area contributed by atoms with Crippen molar-refractivity contribution in [2.45, 2.75) is 31.1 Å². The summed E-state index contributed by atoms with van der Waals surface area (Å²) in [5.74, 6) is 0.956. The highest BCUT2D eigenvalue weighted by atomic mass is 32.2. The molecule has 6 heteroatoms. The van der Waals surface area contributed by atoms with Crippen LogP contribution in [0.5, 0.6) is 0 Å². The number of aromatic nitrogens is 1. The van der Waals surface area contributed by atoms with E-state index in [1.165, 1.54) is 0 Å². The van der Waals surface area contributed by atoms with Crippen molar-refractivity contribution in [3.05, 3.63) is 90.0 Å². The molecule has 4 rings (SSSR count). The predicted octanol–water partition coefficient (Wildman–Crippen LogP) is 5.11. The van der Waals surface area contributed by atoms with Gasteiger partial charge in [-0.1, -0.05) is 35.9 Å². The molecule has 1 N–H and O–H groups in total. The van der Waals surface area contributed by atoms with Crippen molar-refractivity contribution in [3.8, 4) is 0 Å². The Labute approximate surface area is 170 Å². The van der Waals surface area contributed by atoms with Crippen LogP contribution in [-0.2, 0) is 22.9 Å². The minimum atomic E-state index is -3.68. The van der Waals surface area contributed by atoms with E-state index in [-0.39, 0.29) is 4.90 Å². The average Bonchev–Trinajstić information content (AvgIpc) is 3.22. The third-order valence-corrected chi connectivity index (χ3v) is 6.17. The number of sulfonamides is 1. The van der Waals surface area contributed by atoms with Crippen LogP contribution in [0, 0.1) is 6.92 Å². The van der Waals surface area contributed by atoms with Crippen molar-refractivity contribution in [1.29, 1.82) is 0 Å². The summed E-state index contributed by atoms with van der Waals surface area (Å²) < 4.78 is 33.7. The quantitative estimate of drug-likeness (QED) is 0.463. The lowest BCUT2D eigenvalue weighted by atomic mass is 10.1. The van der Waals surface area contributed by atoms with Crippen LogP contribution in [0.2, 0.25) is 0 Å². The van der Waals surface area contributed by atoms with Crippen LogP contribution < -0.4 is 4.72 Å². The Bertz CT molecular complexity index is 1210.